The van der Waals surface area contributed by atoms with Crippen LogP contribution < -0.4 is 9.64 Å². The Morgan fingerprint density at radius 2 is 1.68 bits per heavy atom. The van der Waals surface area contributed by atoms with E-state index < -0.39 is 17.7 Å². The number of carbonyl (C=O) groups is 2. The van der Waals surface area contributed by atoms with Gasteiger partial charge in [0.05, 0.1) is 44.9 Å². The van der Waals surface area contributed by atoms with Crippen LogP contribution in [-0.2, 0) is 9.59 Å². The molecule has 1 amide bonds. The van der Waals surface area contributed by atoms with Gasteiger partial charge in [0.15, 0.2) is 0 Å². The van der Waals surface area contributed by atoms with Crippen molar-refractivity contribution in [3.63, 3.8) is 0 Å². The third-order valence-corrected chi connectivity index (χ3v) is 5.29. The van der Waals surface area contributed by atoms with E-state index in [1.807, 2.05) is 71.3 Å². The van der Waals surface area contributed by atoms with E-state index in [0.717, 1.165) is 11.1 Å². The fourth-order valence-electron chi connectivity index (χ4n) is 3.67. The number of aryl methyl sites for hydroxylation is 1. The van der Waals surface area contributed by atoms with Crippen molar-refractivity contribution in [2.24, 2.45) is 0 Å². The highest BCUT2D eigenvalue weighted by atomic mass is 16.5. The van der Waals surface area contributed by atoms with E-state index in [0.29, 0.717) is 24.4 Å². The van der Waals surface area contributed by atoms with Crippen LogP contribution in [0.5, 0.6) is 5.75 Å². The lowest BCUT2D eigenvalue weighted by molar-refractivity contribution is -0.857. The highest BCUT2D eigenvalue weighted by molar-refractivity contribution is 6.46. The first-order valence-electron chi connectivity index (χ1n) is 10.6. The predicted octanol–water partition coefficient (Wildman–Crippen LogP) is 2.35. The monoisotopic (exact) mass is 423 g/mol. The first-order chi connectivity index (χ1) is 14.7. The molecule has 2 N–H and O–H groups in total. The van der Waals surface area contributed by atoms with Gasteiger partial charge < -0.3 is 19.6 Å². The number of quaternary nitrogens is 1. The number of rotatable bonds is 7. The van der Waals surface area contributed by atoms with Crippen LogP contribution in [0.3, 0.4) is 0 Å². The summed E-state index contributed by atoms with van der Waals surface area (Å²) < 4.78 is 5.72. The van der Waals surface area contributed by atoms with Crippen molar-refractivity contribution in [2.45, 2.75) is 32.9 Å². The maximum Gasteiger partial charge on any atom is 0.295 e. The molecular formula is C25H31N2O4+. The summed E-state index contributed by atoms with van der Waals surface area (Å²) in [6.45, 7) is 6.95. The van der Waals surface area contributed by atoms with Crippen LogP contribution in [0.1, 0.15) is 36.6 Å². The Bertz CT molecular complexity index is 976. The normalized spacial score (nSPS) is 18.3. The van der Waals surface area contributed by atoms with Gasteiger partial charge in [-0.1, -0.05) is 42.0 Å². The van der Waals surface area contributed by atoms with Gasteiger partial charge in [0.2, 0.25) is 0 Å². The molecule has 3 rings (SSSR count). The summed E-state index contributed by atoms with van der Waals surface area (Å²) in [6, 6.07) is 14.0. The average molecular weight is 424 g/mol. The third kappa shape index (κ3) is 4.97. The number of carbonyl (C=O) groups excluding carboxylic acids is 2. The van der Waals surface area contributed by atoms with Crippen molar-refractivity contribution in [3.05, 3.63) is 70.8 Å². The van der Waals surface area contributed by atoms with E-state index in [1.54, 1.807) is 17.0 Å². The minimum absolute atomic E-state index is 0.0427. The Hall–Kier alpha value is -3.12. The number of amides is 1. The maximum absolute atomic E-state index is 13.0. The van der Waals surface area contributed by atoms with Crippen LogP contribution in [0, 0.1) is 6.92 Å². The molecule has 0 unspecified atom stereocenters. The molecule has 1 aliphatic rings. The van der Waals surface area contributed by atoms with Gasteiger partial charge >= 0.3 is 0 Å². The van der Waals surface area contributed by atoms with Gasteiger partial charge in [0.1, 0.15) is 11.5 Å². The molecule has 1 atom stereocenters. The van der Waals surface area contributed by atoms with Crippen LogP contribution in [0.2, 0.25) is 0 Å². The minimum Gasteiger partial charge on any atom is -0.507 e. The van der Waals surface area contributed by atoms with Crippen LogP contribution >= 0.6 is 0 Å². The van der Waals surface area contributed by atoms with E-state index in [4.69, 9.17) is 4.74 Å². The standard InChI is InChI=1S/C25H30N2O4/c1-16(2)31-20-12-10-18(11-13-20)22-21(23(28)19-8-6-17(3)7-9-19)24(29)25(30)27(22)15-14-26(4)5/h6-13,16,22,28H,14-15H2,1-5H3/p+1/t22-/m1/s1. The van der Waals surface area contributed by atoms with Gasteiger partial charge in [-0.05, 0) is 38.5 Å². The molecule has 0 aliphatic carbocycles. The maximum atomic E-state index is 13.0. The Balaban J connectivity index is 2.08. The minimum atomic E-state index is -0.653. The molecule has 1 aliphatic heterocycles. The Labute approximate surface area is 183 Å². The molecule has 6 heteroatoms. The molecule has 164 valence electrons. The van der Waals surface area contributed by atoms with Gasteiger partial charge in [0, 0.05) is 5.56 Å². The van der Waals surface area contributed by atoms with E-state index in [1.165, 1.54) is 4.90 Å². The summed E-state index contributed by atoms with van der Waals surface area (Å²) in [7, 11) is 3.99. The summed E-state index contributed by atoms with van der Waals surface area (Å²) >= 11 is 0. The summed E-state index contributed by atoms with van der Waals surface area (Å²) in [5, 5.41) is 11.0. The molecule has 1 saturated heterocycles. The smallest absolute Gasteiger partial charge is 0.295 e. The largest absolute Gasteiger partial charge is 0.507 e. The number of Topliss-reactive ketones (excluding diaryl/α,β-unsaturated/α-hetero) is 1. The molecular weight excluding hydrogens is 392 g/mol. The van der Waals surface area contributed by atoms with Crippen LogP contribution in [-0.4, -0.2) is 55.0 Å². The predicted molar refractivity (Wildman–Crippen MR) is 120 cm³/mol. The zero-order chi connectivity index (χ0) is 22.7. The zero-order valence-electron chi connectivity index (χ0n) is 18.8. The van der Waals surface area contributed by atoms with Crippen molar-refractivity contribution in [1.29, 1.82) is 0 Å². The van der Waals surface area contributed by atoms with E-state index in [9.17, 15) is 14.7 Å². The zero-order valence-corrected chi connectivity index (χ0v) is 18.8. The second-order valence-electron chi connectivity index (χ2n) is 8.55. The van der Waals surface area contributed by atoms with Gasteiger partial charge in [-0.25, -0.2) is 0 Å². The molecule has 0 saturated carbocycles. The van der Waals surface area contributed by atoms with E-state index >= 15 is 0 Å². The quantitative estimate of drug-likeness (QED) is 0.407. The molecule has 2 aromatic carbocycles. The fourth-order valence-corrected chi connectivity index (χ4v) is 3.67. The number of aliphatic hydroxyl groups is 1. The molecule has 31 heavy (non-hydrogen) atoms. The van der Waals surface area contributed by atoms with Crippen molar-refractivity contribution in [3.8, 4) is 5.75 Å². The summed E-state index contributed by atoms with van der Waals surface area (Å²) in [4.78, 5) is 28.6. The number of hydrogen-bond donors (Lipinski definition) is 2. The fraction of sp³-hybridized carbons (Fsp3) is 0.360. The third-order valence-electron chi connectivity index (χ3n) is 5.29. The average Bonchev–Trinajstić information content (AvgIpc) is 2.97. The molecule has 0 aromatic heterocycles. The van der Waals surface area contributed by atoms with Crippen molar-refractivity contribution < 1.29 is 24.3 Å². The van der Waals surface area contributed by atoms with Crippen molar-refractivity contribution in [1.82, 2.24) is 4.90 Å². The molecule has 0 bridgehead atoms. The molecule has 1 fully saturated rings. The van der Waals surface area contributed by atoms with Crippen molar-refractivity contribution in [2.75, 3.05) is 27.2 Å². The summed E-state index contributed by atoms with van der Waals surface area (Å²) in [5.74, 6) is -0.667. The second-order valence-corrected chi connectivity index (χ2v) is 8.55. The Morgan fingerprint density at radius 1 is 1.06 bits per heavy atom. The molecule has 6 nitrogen and oxygen atoms in total. The number of nitrogens with one attached hydrogen (secondary N) is 1. The highest BCUT2D eigenvalue weighted by Crippen LogP contribution is 2.39. The topological polar surface area (TPSA) is 71.3 Å². The number of ketones is 1. The number of nitrogens with zero attached hydrogens (tertiary/aromatic N) is 1. The number of hydrogen-bond acceptors (Lipinski definition) is 4. The lowest BCUT2D eigenvalue weighted by atomic mass is 9.95. The number of ether oxygens (including phenoxy) is 1. The Kier molecular flexibility index (Phi) is 6.81. The van der Waals surface area contributed by atoms with Gasteiger partial charge in [0.25, 0.3) is 11.7 Å². The molecule has 2 aromatic rings. The lowest BCUT2D eigenvalue weighted by Crippen LogP contribution is -3.06. The van der Waals surface area contributed by atoms with Crippen LogP contribution in [0.25, 0.3) is 5.76 Å². The highest BCUT2D eigenvalue weighted by Gasteiger charge is 2.46. The summed E-state index contributed by atoms with van der Waals surface area (Å²) in [5.41, 5.74) is 2.45. The summed E-state index contributed by atoms with van der Waals surface area (Å²) in [6.07, 6.45) is 0.0427. The molecule has 0 spiro atoms. The van der Waals surface area contributed by atoms with E-state index in [2.05, 4.69) is 0 Å². The first kappa shape index (κ1) is 22.6. The Morgan fingerprint density at radius 3 is 2.23 bits per heavy atom. The second kappa shape index (κ2) is 9.35. The molecule has 1 heterocycles. The first-order valence-corrected chi connectivity index (χ1v) is 10.6. The van der Waals surface area contributed by atoms with Gasteiger partial charge in [-0.2, -0.15) is 0 Å². The number of benzene rings is 2. The number of aliphatic hydroxyl groups excluding tert-OH is 1. The van der Waals surface area contributed by atoms with E-state index in [-0.39, 0.29) is 17.4 Å². The lowest BCUT2D eigenvalue weighted by Gasteiger charge is -2.26. The number of likely N-dealkylation sites (N-methyl/N-ethyl adjacent to an activating group) is 1. The van der Waals surface area contributed by atoms with Crippen LogP contribution in [0.4, 0.5) is 0 Å². The molecule has 0 radical (unpaired) electrons. The van der Waals surface area contributed by atoms with Crippen molar-refractivity contribution >= 4 is 17.4 Å². The van der Waals surface area contributed by atoms with Crippen LogP contribution in [0.15, 0.2) is 54.1 Å². The van der Waals surface area contributed by atoms with Gasteiger partial charge in [-0.3, -0.25) is 9.59 Å². The van der Waals surface area contributed by atoms with Gasteiger partial charge in [-0.15, -0.1) is 0 Å². The SMILES string of the molecule is Cc1ccc(C(O)=C2C(=O)C(=O)N(CC[NH+](C)C)[C@@H]2c2ccc(OC(C)C)cc2)cc1. The number of likely N-dealkylation sites (tertiary alicyclic amines) is 1.